The van der Waals surface area contributed by atoms with Crippen LogP contribution in [-0.4, -0.2) is 33.6 Å². The van der Waals surface area contributed by atoms with E-state index in [4.69, 9.17) is 0 Å². The molecule has 3 rings (SSSR count). The molecule has 2 unspecified atom stereocenters. The van der Waals surface area contributed by atoms with Crippen molar-refractivity contribution in [1.82, 2.24) is 10.2 Å². The minimum Gasteiger partial charge on any atom is -0.347 e. The molecule has 1 heterocycles. The fourth-order valence-electron chi connectivity index (χ4n) is 4.07. The molecule has 0 saturated carbocycles. The Morgan fingerprint density at radius 1 is 1.03 bits per heavy atom. The highest BCUT2D eigenvalue weighted by Crippen LogP contribution is 2.32. The highest BCUT2D eigenvalue weighted by Gasteiger charge is 2.45. The first kappa shape index (κ1) is 22.1. The van der Waals surface area contributed by atoms with Gasteiger partial charge in [-0.2, -0.15) is 0 Å². The minimum atomic E-state index is -1.12. The number of imide groups is 1. The summed E-state index contributed by atoms with van der Waals surface area (Å²) in [6.07, 6.45) is 1.67. The number of hydrogen-bond acceptors (Lipinski definition) is 5. The van der Waals surface area contributed by atoms with Gasteiger partial charge in [0.15, 0.2) is 0 Å². The molecule has 2 aromatic carbocycles. The highest BCUT2D eigenvalue weighted by atomic mass is 16.6. The molecule has 2 atom stereocenters. The fraction of sp³-hybridized carbons (Fsp3) is 0.348. The quantitative estimate of drug-likeness (QED) is 0.394. The lowest BCUT2D eigenvalue weighted by atomic mass is 9.88. The number of benzene rings is 2. The fourth-order valence-corrected chi connectivity index (χ4v) is 4.07. The van der Waals surface area contributed by atoms with Crippen LogP contribution in [0.15, 0.2) is 48.5 Å². The maximum atomic E-state index is 13.1. The third-order valence-electron chi connectivity index (χ3n) is 5.86. The second-order valence-corrected chi connectivity index (χ2v) is 7.59. The van der Waals surface area contributed by atoms with Crippen molar-refractivity contribution in [2.24, 2.45) is 5.92 Å². The Kier molecular flexibility index (Phi) is 6.48. The zero-order valence-electron chi connectivity index (χ0n) is 17.7. The summed E-state index contributed by atoms with van der Waals surface area (Å²) in [7, 11) is 0. The van der Waals surface area contributed by atoms with E-state index in [9.17, 15) is 24.5 Å². The second kappa shape index (κ2) is 9.07. The molecule has 2 aromatic rings. The van der Waals surface area contributed by atoms with E-state index in [1.54, 1.807) is 0 Å². The van der Waals surface area contributed by atoms with Crippen LogP contribution < -0.4 is 5.32 Å². The van der Waals surface area contributed by atoms with Crippen LogP contribution in [0.25, 0.3) is 0 Å². The van der Waals surface area contributed by atoms with Gasteiger partial charge in [-0.15, -0.1) is 0 Å². The standard InChI is InChI=1S/C23H25N3O5/c1-4-15(5-2)20(16-10-7-6-8-11-16)24-21(27)14(3)25-22(28)17-12-9-13-18(26(30)31)19(17)23(25)29/h6-15,20H,4-5H2,1-3H3,(H,24,27). The van der Waals surface area contributed by atoms with Crippen molar-refractivity contribution >= 4 is 23.4 Å². The summed E-state index contributed by atoms with van der Waals surface area (Å²) in [4.78, 5) is 50.3. The Bertz CT molecular complexity index is 1020. The van der Waals surface area contributed by atoms with Crippen LogP contribution in [0.2, 0.25) is 0 Å². The van der Waals surface area contributed by atoms with E-state index in [0.717, 1.165) is 23.3 Å². The van der Waals surface area contributed by atoms with Crippen molar-refractivity contribution in [3.05, 3.63) is 75.3 Å². The number of amides is 3. The van der Waals surface area contributed by atoms with Gasteiger partial charge in [0, 0.05) is 6.07 Å². The molecule has 0 radical (unpaired) electrons. The number of nitro groups is 1. The van der Waals surface area contributed by atoms with Crippen LogP contribution >= 0.6 is 0 Å². The van der Waals surface area contributed by atoms with E-state index in [1.165, 1.54) is 25.1 Å². The van der Waals surface area contributed by atoms with Gasteiger partial charge in [0.1, 0.15) is 11.6 Å². The smallest absolute Gasteiger partial charge is 0.282 e. The molecule has 0 fully saturated rings. The third-order valence-corrected chi connectivity index (χ3v) is 5.86. The molecule has 1 aliphatic heterocycles. The molecule has 31 heavy (non-hydrogen) atoms. The zero-order valence-corrected chi connectivity index (χ0v) is 17.7. The van der Waals surface area contributed by atoms with Gasteiger partial charge in [-0.05, 0) is 24.5 Å². The van der Waals surface area contributed by atoms with Gasteiger partial charge in [-0.3, -0.25) is 29.4 Å². The molecule has 3 amide bonds. The number of carbonyl (C=O) groups is 3. The Morgan fingerprint density at radius 2 is 1.68 bits per heavy atom. The molecule has 0 saturated heterocycles. The van der Waals surface area contributed by atoms with E-state index >= 15 is 0 Å². The van der Waals surface area contributed by atoms with E-state index in [1.807, 2.05) is 44.2 Å². The summed E-state index contributed by atoms with van der Waals surface area (Å²) >= 11 is 0. The molecule has 1 aliphatic rings. The van der Waals surface area contributed by atoms with Crippen LogP contribution in [0.1, 0.15) is 65.9 Å². The number of carbonyl (C=O) groups excluding carboxylic acids is 3. The lowest BCUT2D eigenvalue weighted by Gasteiger charge is -2.30. The van der Waals surface area contributed by atoms with Gasteiger partial charge in [0.2, 0.25) is 5.91 Å². The van der Waals surface area contributed by atoms with Gasteiger partial charge in [0.25, 0.3) is 17.5 Å². The van der Waals surface area contributed by atoms with Crippen molar-refractivity contribution in [3.63, 3.8) is 0 Å². The van der Waals surface area contributed by atoms with Gasteiger partial charge in [-0.1, -0.05) is 63.1 Å². The predicted octanol–water partition coefficient (Wildman–Crippen LogP) is 3.87. The van der Waals surface area contributed by atoms with Crippen LogP contribution in [0.4, 0.5) is 5.69 Å². The summed E-state index contributed by atoms with van der Waals surface area (Å²) in [6, 6.07) is 12.0. The summed E-state index contributed by atoms with van der Waals surface area (Å²) in [5.41, 5.74) is 0.176. The normalized spacial score (nSPS) is 15.0. The van der Waals surface area contributed by atoms with E-state index < -0.39 is 34.4 Å². The average molecular weight is 423 g/mol. The first-order valence-electron chi connectivity index (χ1n) is 10.3. The van der Waals surface area contributed by atoms with E-state index in [-0.39, 0.29) is 23.1 Å². The molecule has 0 spiro atoms. The van der Waals surface area contributed by atoms with Gasteiger partial charge >= 0.3 is 0 Å². The third kappa shape index (κ3) is 4.05. The molecular formula is C23H25N3O5. The first-order chi connectivity index (χ1) is 14.8. The number of nitrogens with one attached hydrogen (secondary N) is 1. The number of nitro benzene ring substituents is 1. The summed E-state index contributed by atoms with van der Waals surface area (Å²) < 4.78 is 0. The molecule has 8 heteroatoms. The topological polar surface area (TPSA) is 110 Å². The van der Waals surface area contributed by atoms with Crippen molar-refractivity contribution < 1.29 is 19.3 Å². The number of nitrogens with zero attached hydrogens (tertiary/aromatic N) is 2. The highest BCUT2D eigenvalue weighted by molar-refractivity contribution is 6.24. The monoisotopic (exact) mass is 423 g/mol. The summed E-state index contributed by atoms with van der Waals surface area (Å²) in [5.74, 6) is -1.85. The Balaban J connectivity index is 1.88. The van der Waals surface area contributed by atoms with Crippen molar-refractivity contribution in [3.8, 4) is 0 Å². The Hall–Kier alpha value is -3.55. The van der Waals surface area contributed by atoms with Crippen molar-refractivity contribution in [2.75, 3.05) is 0 Å². The van der Waals surface area contributed by atoms with E-state index in [2.05, 4.69) is 5.32 Å². The number of hydrogen-bond donors (Lipinski definition) is 1. The second-order valence-electron chi connectivity index (χ2n) is 7.59. The van der Waals surface area contributed by atoms with Crippen LogP contribution in [-0.2, 0) is 4.79 Å². The SMILES string of the molecule is CCC(CC)C(NC(=O)C(C)N1C(=O)c2cccc([N+](=O)[O-])c2C1=O)c1ccccc1. The van der Waals surface area contributed by atoms with Crippen LogP contribution in [0, 0.1) is 16.0 Å². The van der Waals surface area contributed by atoms with Gasteiger partial charge in [0.05, 0.1) is 16.5 Å². The first-order valence-corrected chi connectivity index (χ1v) is 10.3. The van der Waals surface area contributed by atoms with Crippen LogP contribution in [0.3, 0.4) is 0 Å². The Labute approximate surface area is 180 Å². The maximum absolute atomic E-state index is 13.1. The molecule has 0 bridgehead atoms. The van der Waals surface area contributed by atoms with Crippen LogP contribution in [0.5, 0.6) is 0 Å². The van der Waals surface area contributed by atoms with Crippen molar-refractivity contribution in [1.29, 1.82) is 0 Å². The van der Waals surface area contributed by atoms with E-state index in [0.29, 0.717) is 0 Å². The van der Waals surface area contributed by atoms with Crippen molar-refractivity contribution in [2.45, 2.75) is 45.7 Å². The Morgan fingerprint density at radius 3 is 2.26 bits per heavy atom. The summed E-state index contributed by atoms with van der Waals surface area (Å²) in [5, 5.41) is 14.3. The lowest BCUT2D eigenvalue weighted by molar-refractivity contribution is -0.385. The average Bonchev–Trinajstić information content (AvgIpc) is 3.03. The largest absolute Gasteiger partial charge is 0.347 e. The lowest BCUT2D eigenvalue weighted by Crippen LogP contribution is -2.49. The minimum absolute atomic E-state index is 0.0570. The molecular weight excluding hydrogens is 398 g/mol. The maximum Gasteiger partial charge on any atom is 0.282 e. The molecule has 0 aliphatic carbocycles. The molecule has 1 N–H and O–H groups in total. The van der Waals surface area contributed by atoms with Gasteiger partial charge in [-0.25, -0.2) is 0 Å². The molecule has 0 aromatic heterocycles. The zero-order chi connectivity index (χ0) is 22.7. The molecule has 8 nitrogen and oxygen atoms in total. The predicted molar refractivity (Wildman–Crippen MR) is 114 cm³/mol. The molecule has 162 valence electrons. The number of fused-ring (bicyclic) bond motifs is 1. The van der Waals surface area contributed by atoms with Gasteiger partial charge < -0.3 is 5.32 Å². The number of rotatable bonds is 8. The summed E-state index contributed by atoms with van der Waals surface area (Å²) in [6.45, 7) is 5.55.